The first-order chi connectivity index (χ1) is 8.27. The SMILES string of the molecule is Nc1noc2c(-c3cncnc3Cl)cccc12. The summed E-state index contributed by atoms with van der Waals surface area (Å²) in [5.41, 5.74) is 7.74. The lowest BCUT2D eigenvalue weighted by Crippen LogP contribution is -1.86. The largest absolute Gasteiger partial charge is 0.380 e. The van der Waals surface area contributed by atoms with Crippen LogP contribution in [-0.2, 0) is 0 Å². The van der Waals surface area contributed by atoms with E-state index < -0.39 is 0 Å². The van der Waals surface area contributed by atoms with E-state index in [1.54, 1.807) is 6.20 Å². The van der Waals surface area contributed by atoms with Gasteiger partial charge in [0.1, 0.15) is 11.5 Å². The van der Waals surface area contributed by atoms with Crippen LogP contribution in [0.5, 0.6) is 0 Å². The lowest BCUT2D eigenvalue weighted by atomic mass is 10.1. The third-order valence-electron chi connectivity index (χ3n) is 2.48. The van der Waals surface area contributed by atoms with Gasteiger partial charge in [-0.1, -0.05) is 28.9 Å². The van der Waals surface area contributed by atoms with Gasteiger partial charge in [-0.15, -0.1) is 0 Å². The normalized spacial score (nSPS) is 10.9. The number of rotatable bonds is 1. The van der Waals surface area contributed by atoms with Gasteiger partial charge in [-0.2, -0.15) is 0 Å². The molecule has 0 saturated heterocycles. The van der Waals surface area contributed by atoms with Gasteiger partial charge in [-0.05, 0) is 6.07 Å². The fourth-order valence-corrected chi connectivity index (χ4v) is 1.88. The molecule has 17 heavy (non-hydrogen) atoms. The molecule has 2 heterocycles. The molecule has 2 aromatic heterocycles. The molecule has 0 aliphatic carbocycles. The fraction of sp³-hybridized carbons (Fsp3) is 0. The number of anilines is 1. The smallest absolute Gasteiger partial charge is 0.177 e. The summed E-state index contributed by atoms with van der Waals surface area (Å²) in [6.07, 6.45) is 3.02. The maximum Gasteiger partial charge on any atom is 0.177 e. The fourth-order valence-electron chi connectivity index (χ4n) is 1.69. The summed E-state index contributed by atoms with van der Waals surface area (Å²) in [7, 11) is 0. The van der Waals surface area contributed by atoms with Crippen LogP contribution in [0.25, 0.3) is 22.1 Å². The van der Waals surface area contributed by atoms with E-state index in [0.29, 0.717) is 22.1 Å². The molecule has 0 bridgehead atoms. The Labute approximate surface area is 101 Å². The number of nitrogens with two attached hydrogens (primary N) is 1. The molecular formula is C11H7ClN4O. The lowest BCUT2D eigenvalue weighted by Gasteiger charge is -2.02. The molecule has 0 radical (unpaired) electrons. The van der Waals surface area contributed by atoms with E-state index in [0.717, 1.165) is 10.9 Å². The molecule has 6 heteroatoms. The van der Waals surface area contributed by atoms with E-state index in [-0.39, 0.29) is 0 Å². The van der Waals surface area contributed by atoms with Crippen LogP contribution >= 0.6 is 11.6 Å². The summed E-state index contributed by atoms with van der Waals surface area (Å²) in [6, 6.07) is 5.55. The Hall–Kier alpha value is -2.14. The molecule has 0 unspecified atom stereocenters. The van der Waals surface area contributed by atoms with Crippen molar-refractivity contribution in [1.82, 2.24) is 15.1 Å². The summed E-state index contributed by atoms with van der Waals surface area (Å²) >= 11 is 6.02. The molecule has 0 atom stereocenters. The Kier molecular flexibility index (Phi) is 2.19. The Morgan fingerprint density at radius 2 is 2.12 bits per heavy atom. The van der Waals surface area contributed by atoms with Gasteiger partial charge >= 0.3 is 0 Å². The molecule has 0 spiro atoms. The molecule has 0 fully saturated rings. The number of aromatic nitrogens is 3. The summed E-state index contributed by atoms with van der Waals surface area (Å²) in [6.45, 7) is 0. The predicted molar refractivity (Wildman–Crippen MR) is 64.5 cm³/mol. The molecule has 0 amide bonds. The van der Waals surface area contributed by atoms with Crippen molar-refractivity contribution in [1.29, 1.82) is 0 Å². The number of hydrogen-bond acceptors (Lipinski definition) is 5. The van der Waals surface area contributed by atoms with Gasteiger partial charge in [-0.3, -0.25) is 0 Å². The van der Waals surface area contributed by atoms with Crippen LogP contribution in [-0.4, -0.2) is 15.1 Å². The highest BCUT2D eigenvalue weighted by atomic mass is 35.5. The summed E-state index contributed by atoms with van der Waals surface area (Å²) in [5.74, 6) is 0.356. The zero-order chi connectivity index (χ0) is 11.8. The van der Waals surface area contributed by atoms with Crippen LogP contribution in [0.2, 0.25) is 5.15 Å². The van der Waals surface area contributed by atoms with Crippen molar-refractivity contribution in [2.24, 2.45) is 0 Å². The number of para-hydroxylation sites is 1. The minimum atomic E-state index is 0.356. The Morgan fingerprint density at radius 1 is 1.24 bits per heavy atom. The van der Waals surface area contributed by atoms with Gasteiger partial charge in [0.2, 0.25) is 0 Å². The van der Waals surface area contributed by atoms with Gasteiger partial charge in [0, 0.05) is 17.3 Å². The second-order valence-electron chi connectivity index (χ2n) is 3.48. The highest BCUT2D eigenvalue weighted by Gasteiger charge is 2.13. The maximum absolute atomic E-state index is 6.02. The predicted octanol–water partition coefficient (Wildman–Crippen LogP) is 2.52. The highest BCUT2D eigenvalue weighted by molar-refractivity contribution is 6.32. The van der Waals surface area contributed by atoms with Crippen molar-refractivity contribution in [2.45, 2.75) is 0 Å². The number of halogens is 1. The zero-order valence-electron chi connectivity index (χ0n) is 8.59. The Balaban J connectivity index is 2.35. The van der Waals surface area contributed by atoms with E-state index >= 15 is 0 Å². The lowest BCUT2D eigenvalue weighted by molar-refractivity contribution is 0.461. The first kappa shape index (κ1) is 10.0. The molecular weight excluding hydrogens is 240 g/mol. The van der Waals surface area contributed by atoms with Crippen LogP contribution in [0.1, 0.15) is 0 Å². The van der Waals surface area contributed by atoms with Gasteiger partial charge < -0.3 is 10.3 Å². The number of hydrogen-bond donors (Lipinski definition) is 1. The van der Waals surface area contributed by atoms with Crippen molar-refractivity contribution in [3.8, 4) is 11.1 Å². The number of fused-ring (bicyclic) bond motifs is 1. The van der Waals surface area contributed by atoms with E-state index in [2.05, 4.69) is 15.1 Å². The second-order valence-corrected chi connectivity index (χ2v) is 3.84. The average molecular weight is 247 g/mol. The van der Waals surface area contributed by atoms with Crippen LogP contribution in [0.3, 0.4) is 0 Å². The monoisotopic (exact) mass is 246 g/mol. The van der Waals surface area contributed by atoms with Crippen LogP contribution in [0.15, 0.2) is 35.2 Å². The third-order valence-corrected chi connectivity index (χ3v) is 2.78. The van der Waals surface area contributed by atoms with Crippen molar-refractivity contribution in [3.63, 3.8) is 0 Å². The maximum atomic E-state index is 6.02. The molecule has 1 aromatic carbocycles. The molecule has 84 valence electrons. The minimum Gasteiger partial charge on any atom is -0.380 e. The van der Waals surface area contributed by atoms with Gasteiger partial charge in [0.15, 0.2) is 11.4 Å². The van der Waals surface area contributed by atoms with E-state index in [1.165, 1.54) is 6.33 Å². The first-order valence-electron chi connectivity index (χ1n) is 4.87. The molecule has 3 aromatic rings. The summed E-state index contributed by atoms with van der Waals surface area (Å²) < 4.78 is 5.20. The third kappa shape index (κ3) is 1.52. The van der Waals surface area contributed by atoms with Crippen LogP contribution < -0.4 is 5.73 Å². The summed E-state index contributed by atoms with van der Waals surface area (Å²) in [5, 5.41) is 4.85. The summed E-state index contributed by atoms with van der Waals surface area (Å²) in [4.78, 5) is 7.88. The molecule has 0 aliphatic rings. The highest BCUT2D eigenvalue weighted by Crippen LogP contribution is 2.33. The molecule has 0 saturated carbocycles. The van der Waals surface area contributed by atoms with E-state index in [4.69, 9.17) is 21.9 Å². The van der Waals surface area contributed by atoms with Crippen molar-refractivity contribution < 1.29 is 4.52 Å². The standard InChI is InChI=1S/C11H7ClN4O/c12-10-8(4-14-5-15-10)6-2-1-3-7-9(6)17-16-11(7)13/h1-5H,(H2,13,16). The molecule has 3 rings (SSSR count). The molecule has 0 aliphatic heterocycles. The Bertz CT molecular complexity index is 695. The van der Waals surface area contributed by atoms with Crippen molar-refractivity contribution in [3.05, 3.63) is 35.9 Å². The van der Waals surface area contributed by atoms with Crippen molar-refractivity contribution >= 4 is 28.4 Å². The second kappa shape index (κ2) is 3.71. The van der Waals surface area contributed by atoms with Crippen LogP contribution in [0.4, 0.5) is 5.82 Å². The zero-order valence-corrected chi connectivity index (χ0v) is 9.35. The first-order valence-corrected chi connectivity index (χ1v) is 5.25. The van der Waals surface area contributed by atoms with Crippen LogP contribution in [0, 0.1) is 0 Å². The van der Waals surface area contributed by atoms with Gasteiger partial charge in [-0.25, -0.2) is 9.97 Å². The topological polar surface area (TPSA) is 77.8 Å². The average Bonchev–Trinajstić information content (AvgIpc) is 2.72. The Morgan fingerprint density at radius 3 is 2.94 bits per heavy atom. The number of nitrogens with zero attached hydrogens (tertiary/aromatic N) is 3. The van der Waals surface area contributed by atoms with Gasteiger partial charge in [0.25, 0.3) is 0 Å². The molecule has 2 N–H and O–H groups in total. The molecule has 5 nitrogen and oxygen atoms in total. The van der Waals surface area contributed by atoms with Crippen molar-refractivity contribution in [2.75, 3.05) is 5.73 Å². The van der Waals surface area contributed by atoms with E-state index in [9.17, 15) is 0 Å². The minimum absolute atomic E-state index is 0.356. The quantitative estimate of drug-likeness (QED) is 0.668. The number of nitrogen functional groups attached to an aromatic ring is 1. The van der Waals surface area contributed by atoms with E-state index in [1.807, 2.05) is 18.2 Å². The van der Waals surface area contributed by atoms with Gasteiger partial charge in [0.05, 0.1) is 5.39 Å². The number of benzene rings is 1.